The molecule has 0 spiro atoms. The molecule has 1 aliphatic heterocycles. The Hall–Kier alpha value is -1.54. The van der Waals surface area contributed by atoms with Crippen LogP contribution in [0, 0.1) is 0 Å². The van der Waals surface area contributed by atoms with E-state index in [-0.39, 0.29) is 11.9 Å². The summed E-state index contributed by atoms with van der Waals surface area (Å²) in [7, 11) is 3.05. The zero-order valence-electron chi connectivity index (χ0n) is 10.3. The monoisotopic (exact) mass is 297 g/mol. The van der Waals surface area contributed by atoms with Crippen LogP contribution in [0.1, 0.15) is 9.67 Å². The molecule has 2 aromatic heterocycles. The first-order chi connectivity index (χ1) is 9.24. The SMILES string of the molecule is COc1nc(OC)c2sc3c(c2n1)SCCNC3=O. The summed E-state index contributed by atoms with van der Waals surface area (Å²) in [5.41, 5.74) is 0.728. The Morgan fingerprint density at radius 1 is 1.26 bits per heavy atom. The number of aromatic nitrogens is 2. The summed E-state index contributed by atoms with van der Waals surface area (Å²) in [5.74, 6) is 1.19. The molecule has 1 amide bonds. The van der Waals surface area contributed by atoms with E-state index in [9.17, 15) is 4.79 Å². The van der Waals surface area contributed by atoms with Crippen molar-refractivity contribution in [2.45, 2.75) is 4.90 Å². The third kappa shape index (κ3) is 2.00. The van der Waals surface area contributed by atoms with Gasteiger partial charge in [-0.05, 0) is 0 Å². The topological polar surface area (TPSA) is 73.3 Å². The van der Waals surface area contributed by atoms with Gasteiger partial charge < -0.3 is 14.8 Å². The number of thioether (sulfide) groups is 1. The molecule has 0 aromatic carbocycles. The van der Waals surface area contributed by atoms with E-state index >= 15 is 0 Å². The maximum absolute atomic E-state index is 12.0. The number of fused-ring (bicyclic) bond motifs is 3. The molecule has 0 unspecified atom stereocenters. The van der Waals surface area contributed by atoms with Crippen molar-refractivity contribution in [3.8, 4) is 11.9 Å². The van der Waals surface area contributed by atoms with Crippen LogP contribution in [-0.4, -0.2) is 42.4 Å². The predicted molar refractivity (Wildman–Crippen MR) is 73.6 cm³/mol. The molecule has 3 rings (SSSR count). The third-order valence-electron chi connectivity index (χ3n) is 2.66. The number of nitrogens with zero attached hydrogens (tertiary/aromatic N) is 2. The van der Waals surface area contributed by atoms with E-state index in [4.69, 9.17) is 9.47 Å². The van der Waals surface area contributed by atoms with Crippen LogP contribution in [0.25, 0.3) is 10.2 Å². The first-order valence-corrected chi connectivity index (χ1v) is 7.38. The highest BCUT2D eigenvalue weighted by atomic mass is 32.2. The molecule has 0 atom stereocenters. The Morgan fingerprint density at radius 3 is 2.84 bits per heavy atom. The van der Waals surface area contributed by atoms with Gasteiger partial charge in [-0.2, -0.15) is 9.97 Å². The molecule has 0 saturated carbocycles. The molecule has 6 nitrogen and oxygen atoms in total. The number of carbonyl (C=O) groups excluding carboxylic acids is 1. The summed E-state index contributed by atoms with van der Waals surface area (Å²) in [6.07, 6.45) is 0. The standard InChI is InChI=1S/C11H11N3O3S2/c1-16-10-7-5(13-11(14-10)17-2)6-8(19-7)9(15)12-3-4-18-6/h3-4H2,1-2H3,(H,12,15). The van der Waals surface area contributed by atoms with Crippen molar-refractivity contribution in [2.75, 3.05) is 26.5 Å². The van der Waals surface area contributed by atoms with Gasteiger partial charge in [-0.3, -0.25) is 4.79 Å². The maximum Gasteiger partial charge on any atom is 0.320 e. The lowest BCUT2D eigenvalue weighted by Gasteiger charge is -2.03. The van der Waals surface area contributed by atoms with Crippen LogP contribution in [0.4, 0.5) is 0 Å². The van der Waals surface area contributed by atoms with Gasteiger partial charge in [-0.25, -0.2) is 0 Å². The summed E-state index contributed by atoms with van der Waals surface area (Å²) >= 11 is 2.97. The van der Waals surface area contributed by atoms with Gasteiger partial charge in [0.25, 0.3) is 5.91 Å². The van der Waals surface area contributed by atoms with Gasteiger partial charge in [0.1, 0.15) is 15.1 Å². The number of carbonyl (C=O) groups is 1. The van der Waals surface area contributed by atoms with E-state index in [1.165, 1.54) is 18.4 Å². The Balaban J connectivity index is 2.30. The highest BCUT2D eigenvalue weighted by molar-refractivity contribution is 7.99. The van der Waals surface area contributed by atoms with Crippen LogP contribution in [0.2, 0.25) is 0 Å². The van der Waals surface area contributed by atoms with Crippen molar-refractivity contribution >= 4 is 39.2 Å². The second-order valence-electron chi connectivity index (χ2n) is 3.76. The van der Waals surface area contributed by atoms with Gasteiger partial charge in [0.2, 0.25) is 5.88 Å². The summed E-state index contributed by atoms with van der Waals surface area (Å²) < 4.78 is 11.1. The van der Waals surface area contributed by atoms with Crippen LogP contribution in [-0.2, 0) is 0 Å². The van der Waals surface area contributed by atoms with Crippen LogP contribution in [0.5, 0.6) is 11.9 Å². The van der Waals surface area contributed by atoms with Crippen molar-refractivity contribution in [3.05, 3.63) is 4.88 Å². The van der Waals surface area contributed by atoms with E-state index in [0.717, 1.165) is 20.9 Å². The number of amides is 1. The quantitative estimate of drug-likeness (QED) is 0.906. The summed E-state index contributed by atoms with van der Waals surface area (Å²) in [4.78, 5) is 22.0. The number of nitrogens with one attached hydrogen (secondary N) is 1. The number of hydrogen-bond acceptors (Lipinski definition) is 7. The lowest BCUT2D eigenvalue weighted by Crippen LogP contribution is -2.22. The highest BCUT2D eigenvalue weighted by Crippen LogP contribution is 2.42. The number of thiophene rings is 1. The van der Waals surface area contributed by atoms with Crippen LogP contribution >= 0.6 is 23.1 Å². The smallest absolute Gasteiger partial charge is 0.320 e. The highest BCUT2D eigenvalue weighted by Gasteiger charge is 2.25. The van der Waals surface area contributed by atoms with E-state index < -0.39 is 0 Å². The molecule has 0 radical (unpaired) electrons. The Morgan fingerprint density at radius 2 is 2.11 bits per heavy atom. The van der Waals surface area contributed by atoms with E-state index in [1.54, 1.807) is 18.9 Å². The van der Waals surface area contributed by atoms with Gasteiger partial charge >= 0.3 is 6.01 Å². The Bertz CT molecular complexity index is 656. The summed E-state index contributed by atoms with van der Waals surface area (Å²) in [6.45, 7) is 0.658. The normalized spacial score (nSPS) is 14.7. The van der Waals surface area contributed by atoms with Gasteiger partial charge in [-0.15, -0.1) is 23.1 Å². The van der Waals surface area contributed by atoms with Gasteiger partial charge in [0.15, 0.2) is 0 Å². The lowest BCUT2D eigenvalue weighted by atomic mass is 10.4. The summed E-state index contributed by atoms with van der Waals surface area (Å²) in [6, 6.07) is 0.246. The fourth-order valence-electron chi connectivity index (χ4n) is 1.82. The molecule has 1 aliphatic rings. The van der Waals surface area contributed by atoms with Crippen LogP contribution in [0.3, 0.4) is 0 Å². The molecule has 0 aliphatic carbocycles. The maximum atomic E-state index is 12.0. The van der Waals surface area contributed by atoms with E-state index in [0.29, 0.717) is 17.3 Å². The molecule has 0 saturated heterocycles. The van der Waals surface area contributed by atoms with Crippen LogP contribution < -0.4 is 14.8 Å². The number of methoxy groups -OCH3 is 2. The third-order valence-corrected chi connectivity index (χ3v) is 5.04. The van der Waals surface area contributed by atoms with Crippen molar-refractivity contribution < 1.29 is 14.3 Å². The zero-order valence-corrected chi connectivity index (χ0v) is 12.0. The molecular weight excluding hydrogens is 286 g/mol. The Labute approximate surface area is 117 Å². The average Bonchev–Trinajstić information content (AvgIpc) is 2.71. The van der Waals surface area contributed by atoms with Crippen molar-refractivity contribution in [1.82, 2.24) is 15.3 Å². The molecule has 8 heteroatoms. The molecule has 2 aromatic rings. The second kappa shape index (κ2) is 4.86. The van der Waals surface area contributed by atoms with E-state index in [1.807, 2.05) is 0 Å². The minimum Gasteiger partial charge on any atom is -0.480 e. The van der Waals surface area contributed by atoms with Crippen molar-refractivity contribution in [2.24, 2.45) is 0 Å². The minimum atomic E-state index is -0.0657. The lowest BCUT2D eigenvalue weighted by molar-refractivity contribution is 0.0958. The number of rotatable bonds is 2. The largest absolute Gasteiger partial charge is 0.480 e. The molecule has 3 heterocycles. The van der Waals surface area contributed by atoms with Gasteiger partial charge in [0.05, 0.1) is 19.1 Å². The molecular formula is C11H11N3O3S2. The van der Waals surface area contributed by atoms with Gasteiger partial charge in [-0.1, -0.05) is 0 Å². The Kier molecular flexibility index (Phi) is 3.19. The van der Waals surface area contributed by atoms with Crippen molar-refractivity contribution in [3.63, 3.8) is 0 Å². The summed E-state index contributed by atoms with van der Waals surface area (Å²) in [5, 5.41) is 2.86. The zero-order chi connectivity index (χ0) is 13.4. The predicted octanol–water partition coefficient (Wildman–Crippen LogP) is 1.54. The number of hydrogen-bond donors (Lipinski definition) is 1. The van der Waals surface area contributed by atoms with Crippen LogP contribution in [0.15, 0.2) is 4.90 Å². The molecule has 0 bridgehead atoms. The second-order valence-corrected chi connectivity index (χ2v) is 5.89. The van der Waals surface area contributed by atoms with Gasteiger partial charge in [0, 0.05) is 12.3 Å². The van der Waals surface area contributed by atoms with Crippen molar-refractivity contribution in [1.29, 1.82) is 0 Å². The minimum absolute atomic E-state index is 0.0657. The molecule has 1 N–H and O–H groups in total. The molecule has 0 fully saturated rings. The molecule has 19 heavy (non-hydrogen) atoms. The molecule has 100 valence electrons. The average molecular weight is 297 g/mol. The first-order valence-electron chi connectivity index (χ1n) is 5.58. The fraction of sp³-hybridized carbons (Fsp3) is 0.364. The fourth-order valence-corrected chi connectivity index (χ4v) is 4.12. The van der Waals surface area contributed by atoms with E-state index in [2.05, 4.69) is 15.3 Å². The number of ether oxygens (including phenoxy) is 2. The first kappa shape index (κ1) is 12.5.